The van der Waals surface area contributed by atoms with Gasteiger partial charge in [-0.25, -0.2) is 0 Å². The van der Waals surface area contributed by atoms with Gasteiger partial charge in [-0.2, -0.15) is 0 Å². The van der Waals surface area contributed by atoms with Crippen molar-refractivity contribution in [2.45, 2.75) is 45.6 Å². The van der Waals surface area contributed by atoms with Crippen molar-refractivity contribution < 1.29 is 4.79 Å². The predicted octanol–water partition coefficient (Wildman–Crippen LogP) is 2.48. The van der Waals surface area contributed by atoms with Gasteiger partial charge < -0.3 is 15.1 Å². The molecule has 3 rings (SSSR count). The lowest BCUT2D eigenvalue weighted by Gasteiger charge is -2.41. The molecule has 1 N–H and O–H groups in total. The summed E-state index contributed by atoms with van der Waals surface area (Å²) in [4.78, 5) is 17.5. The monoisotopic (exact) mass is 315 g/mol. The zero-order valence-corrected chi connectivity index (χ0v) is 14.7. The van der Waals surface area contributed by atoms with Crippen LogP contribution in [-0.4, -0.2) is 49.1 Å². The molecule has 2 saturated heterocycles. The second-order valence-corrected chi connectivity index (χ2v) is 6.96. The maximum absolute atomic E-state index is 13.0. The summed E-state index contributed by atoms with van der Waals surface area (Å²) < 4.78 is 0. The quantitative estimate of drug-likeness (QED) is 0.931. The second-order valence-electron chi connectivity index (χ2n) is 6.96. The molecule has 1 amide bonds. The van der Waals surface area contributed by atoms with Crippen molar-refractivity contribution in [1.29, 1.82) is 0 Å². The van der Waals surface area contributed by atoms with E-state index in [0.717, 1.165) is 52.0 Å². The van der Waals surface area contributed by atoms with E-state index in [4.69, 9.17) is 0 Å². The Morgan fingerprint density at radius 3 is 2.57 bits per heavy atom. The average molecular weight is 315 g/mol. The molecule has 1 atom stereocenters. The number of carbonyl (C=O) groups is 1. The van der Waals surface area contributed by atoms with Gasteiger partial charge in [-0.05, 0) is 56.8 Å². The molecule has 1 aromatic rings. The molecule has 0 radical (unpaired) electrons. The van der Waals surface area contributed by atoms with E-state index >= 15 is 0 Å². The molecule has 4 heteroatoms. The van der Waals surface area contributed by atoms with E-state index in [9.17, 15) is 4.79 Å². The van der Waals surface area contributed by atoms with Crippen LogP contribution >= 0.6 is 0 Å². The van der Waals surface area contributed by atoms with Crippen molar-refractivity contribution >= 4 is 11.6 Å². The number of hydrogen-bond acceptors (Lipinski definition) is 3. The van der Waals surface area contributed by atoms with Crippen molar-refractivity contribution in [3.8, 4) is 0 Å². The molecule has 23 heavy (non-hydrogen) atoms. The minimum absolute atomic E-state index is 0.290. The van der Waals surface area contributed by atoms with Crippen molar-refractivity contribution in [2.75, 3.05) is 37.6 Å². The molecule has 4 nitrogen and oxygen atoms in total. The first-order valence-electron chi connectivity index (χ1n) is 8.93. The molecule has 2 aliphatic heterocycles. The van der Waals surface area contributed by atoms with E-state index in [1.165, 1.54) is 16.8 Å². The first kappa shape index (κ1) is 16.3. The first-order valence-corrected chi connectivity index (χ1v) is 8.93. The third-order valence-electron chi connectivity index (χ3n) is 5.74. The number of piperazine rings is 1. The summed E-state index contributed by atoms with van der Waals surface area (Å²) >= 11 is 0. The zero-order chi connectivity index (χ0) is 16.4. The average Bonchev–Trinajstić information content (AvgIpc) is 3.07. The maximum Gasteiger partial charge on any atom is 0.242 e. The van der Waals surface area contributed by atoms with Crippen LogP contribution < -0.4 is 10.2 Å². The Kier molecular flexibility index (Phi) is 4.62. The van der Waals surface area contributed by atoms with Crippen molar-refractivity contribution in [2.24, 2.45) is 0 Å². The number of aryl methyl sites for hydroxylation is 1. The highest BCUT2D eigenvalue weighted by Crippen LogP contribution is 2.28. The number of nitrogens with one attached hydrogen (secondary N) is 1. The number of amides is 1. The molecule has 1 aromatic carbocycles. The van der Waals surface area contributed by atoms with E-state index in [0.29, 0.717) is 5.91 Å². The smallest absolute Gasteiger partial charge is 0.242 e. The van der Waals surface area contributed by atoms with E-state index in [1.807, 2.05) is 0 Å². The van der Waals surface area contributed by atoms with Crippen LogP contribution in [0.3, 0.4) is 0 Å². The highest BCUT2D eigenvalue weighted by molar-refractivity contribution is 5.87. The van der Waals surface area contributed by atoms with Gasteiger partial charge in [-0.15, -0.1) is 0 Å². The van der Waals surface area contributed by atoms with Gasteiger partial charge in [-0.3, -0.25) is 4.79 Å². The summed E-state index contributed by atoms with van der Waals surface area (Å²) in [7, 11) is 0. The number of anilines is 1. The van der Waals surface area contributed by atoms with Crippen molar-refractivity contribution in [3.05, 3.63) is 29.3 Å². The number of rotatable bonds is 3. The lowest BCUT2D eigenvalue weighted by molar-refractivity contribution is -0.138. The number of hydrogen-bond donors (Lipinski definition) is 1. The highest BCUT2D eigenvalue weighted by Gasteiger charge is 2.42. The van der Waals surface area contributed by atoms with Crippen LogP contribution in [0.25, 0.3) is 0 Å². The van der Waals surface area contributed by atoms with Gasteiger partial charge in [0.2, 0.25) is 5.91 Å². The molecule has 126 valence electrons. The minimum atomic E-state index is -0.290. The van der Waals surface area contributed by atoms with E-state index < -0.39 is 0 Å². The summed E-state index contributed by atoms with van der Waals surface area (Å²) in [6.07, 6.45) is 2.99. The summed E-state index contributed by atoms with van der Waals surface area (Å²) in [5.74, 6) is 0.318. The fourth-order valence-corrected chi connectivity index (χ4v) is 3.97. The number of nitrogens with zero attached hydrogens (tertiary/aromatic N) is 2. The Hall–Kier alpha value is -1.55. The predicted molar refractivity (Wildman–Crippen MR) is 95.0 cm³/mol. The second kappa shape index (κ2) is 6.52. The largest absolute Gasteiger partial charge is 0.368 e. The molecule has 0 saturated carbocycles. The van der Waals surface area contributed by atoms with Gasteiger partial charge in [0.25, 0.3) is 0 Å². The Morgan fingerprint density at radius 2 is 1.96 bits per heavy atom. The third-order valence-corrected chi connectivity index (χ3v) is 5.74. The molecule has 2 heterocycles. The van der Waals surface area contributed by atoms with Crippen LogP contribution in [-0.2, 0) is 4.79 Å². The topological polar surface area (TPSA) is 35.6 Å². The summed E-state index contributed by atoms with van der Waals surface area (Å²) in [5, 5.41) is 3.47. The van der Waals surface area contributed by atoms with Crippen LogP contribution in [0.4, 0.5) is 5.69 Å². The van der Waals surface area contributed by atoms with E-state index in [1.54, 1.807) is 0 Å². The molecule has 0 aromatic heterocycles. The van der Waals surface area contributed by atoms with Crippen LogP contribution in [0.5, 0.6) is 0 Å². The van der Waals surface area contributed by atoms with E-state index in [-0.39, 0.29) is 5.54 Å². The number of benzene rings is 1. The Labute approximate surface area is 139 Å². The molecule has 0 bridgehead atoms. The van der Waals surface area contributed by atoms with Crippen LogP contribution in [0.15, 0.2) is 18.2 Å². The van der Waals surface area contributed by atoms with Gasteiger partial charge in [0.1, 0.15) is 0 Å². The van der Waals surface area contributed by atoms with Gasteiger partial charge in [0.05, 0.1) is 5.54 Å². The normalized spacial score (nSPS) is 25.0. The lowest BCUT2D eigenvalue weighted by atomic mass is 9.92. The number of carbonyl (C=O) groups excluding carboxylic acids is 1. The summed E-state index contributed by atoms with van der Waals surface area (Å²) in [5.41, 5.74) is 3.72. The van der Waals surface area contributed by atoms with Gasteiger partial charge in [0.15, 0.2) is 0 Å². The standard InChI is InChI=1S/C19H29N3O/c1-4-19(9-6-10-20-19)18(23)22-13-11-21(12-14-22)17-8-5-7-15(2)16(17)3/h5,7-8,20H,4,6,9-14H2,1-3H3. The molecule has 1 unspecified atom stereocenters. The zero-order valence-electron chi connectivity index (χ0n) is 14.7. The van der Waals surface area contributed by atoms with Gasteiger partial charge >= 0.3 is 0 Å². The highest BCUT2D eigenvalue weighted by atomic mass is 16.2. The van der Waals surface area contributed by atoms with Crippen molar-refractivity contribution in [3.63, 3.8) is 0 Å². The van der Waals surface area contributed by atoms with Gasteiger partial charge in [0, 0.05) is 31.9 Å². The Balaban J connectivity index is 1.66. The first-order chi connectivity index (χ1) is 11.1. The maximum atomic E-state index is 13.0. The summed E-state index contributed by atoms with van der Waals surface area (Å²) in [6, 6.07) is 6.49. The van der Waals surface area contributed by atoms with Crippen molar-refractivity contribution in [1.82, 2.24) is 10.2 Å². The van der Waals surface area contributed by atoms with Crippen LogP contribution in [0.1, 0.15) is 37.3 Å². The van der Waals surface area contributed by atoms with Gasteiger partial charge in [-0.1, -0.05) is 19.1 Å². The molecule has 2 fully saturated rings. The van der Waals surface area contributed by atoms with E-state index in [2.05, 4.69) is 54.1 Å². The lowest BCUT2D eigenvalue weighted by Crippen LogP contribution is -2.59. The third kappa shape index (κ3) is 2.97. The summed E-state index contributed by atoms with van der Waals surface area (Å²) in [6.45, 7) is 11.0. The minimum Gasteiger partial charge on any atom is -0.368 e. The molecular weight excluding hydrogens is 286 g/mol. The molecule has 0 spiro atoms. The molecule has 2 aliphatic rings. The fraction of sp³-hybridized carbons (Fsp3) is 0.632. The SMILES string of the molecule is CCC1(C(=O)N2CCN(c3cccc(C)c3C)CC2)CCCN1. The Morgan fingerprint density at radius 1 is 1.22 bits per heavy atom. The fourth-order valence-electron chi connectivity index (χ4n) is 3.97. The van der Waals surface area contributed by atoms with Crippen LogP contribution in [0.2, 0.25) is 0 Å². The molecule has 0 aliphatic carbocycles. The van der Waals surface area contributed by atoms with Crippen LogP contribution in [0, 0.1) is 13.8 Å². The Bertz CT molecular complexity index is 570. The molecular formula is C19H29N3O.